The first-order valence-corrected chi connectivity index (χ1v) is 10.1. The highest BCUT2D eigenvalue weighted by Gasteiger charge is 2.15. The molecule has 150 valence electrons. The van der Waals surface area contributed by atoms with Gasteiger partial charge in [-0.15, -0.1) is 0 Å². The average molecular weight is 390 g/mol. The van der Waals surface area contributed by atoms with E-state index in [0.717, 1.165) is 55.0 Å². The van der Waals surface area contributed by atoms with Crippen LogP contribution in [0.5, 0.6) is 0 Å². The molecule has 0 aliphatic carbocycles. The van der Waals surface area contributed by atoms with Gasteiger partial charge in [0, 0.05) is 24.8 Å². The van der Waals surface area contributed by atoms with Gasteiger partial charge < -0.3 is 20.3 Å². The molecule has 1 saturated heterocycles. The Morgan fingerprint density at radius 1 is 0.862 bits per heavy atom. The standard InChI is InChI=1S/C23H27N5O/c1-17(2)18-7-3-4-8-19(18)26-22-15-23(25-16-24-22)27-20-9-5-6-10-21(20)28-11-13-29-14-12-28/h3-10,15-17H,11-14H2,1-2H3,(H2,24,25,26,27). The van der Waals surface area contributed by atoms with E-state index in [0.29, 0.717) is 5.92 Å². The summed E-state index contributed by atoms with van der Waals surface area (Å²) in [5, 5.41) is 6.90. The first kappa shape index (κ1) is 19.2. The van der Waals surface area contributed by atoms with Crippen LogP contribution in [0.15, 0.2) is 60.9 Å². The Morgan fingerprint density at radius 2 is 1.48 bits per heavy atom. The summed E-state index contributed by atoms with van der Waals surface area (Å²) in [5.74, 6) is 1.95. The van der Waals surface area contributed by atoms with Crippen molar-refractivity contribution in [2.45, 2.75) is 19.8 Å². The maximum Gasteiger partial charge on any atom is 0.135 e. The van der Waals surface area contributed by atoms with Crippen LogP contribution >= 0.6 is 0 Å². The van der Waals surface area contributed by atoms with Crippen LogP contribution in [-0.2, 0) is 4.74 Å². The minimum Gasteiger partial charge on any atom is -0.378 e. The molecule has 0 saturated carbocycles. The molecule has 1 aromatic heterocycles. The number of ether oxygens (including phenoxy) is 1. The van der Waals surface area contributed by atoms with Crippen molar-refractivity contribution in [2.24, 2.45) is 0 Å². The van der Waals surface area contributed by atoms with Crippen molar-refractivity contribution in [1.82, 2.24) is 9.97 Å². The molecule has 6 nitrogen and oxygen atoms in total. The summed E-state index contributed by atoms with van der Waals surface area (Å²) in [6.45, 7) is 7.67. The molecule has 3 aromatic rings. The highest BCUT2D eigenvalue weighted by molar-refractivity contribution is 5.75. The van der Waals surface area contributed by atoms with Gasteiger partial charge in [-0.3, -0.25) is 0 Å². The second kappa shape index (κ2) is 8.92. The summed E-state index contributed by atoms with van der Waals surface area (Å²) in [7, 11) is 0. The van der Waals surface area contributed by atoms with E-state index in [9.17, 15) is 0 Å². The number of hydrogen-bond acceptors (Lipinski definition) is 6. The van der Waals surface area contributed by atoms with Crippen molar-refractivity contribution in [2.75, 3.05) is 41.8 Å². The Labute approximate surface area is 172 Å². The van der Waals surface area contributed by atoms with Crippen LogP contribution in [0.2, 0.25) is 0 Å². The third-order valence-electron chi connectivity index (χ3n) is 5.03. The summed E-state index contributed by atoms with van der Waals surface area (Å²) in [4.78, 5) is 11.2. The molecule has 0 amide bonds. The van der Waals surface area contributed by atoms with Crippen LogP contribution in [0, 0.1) is 0 Å². The van der Waals surface area contributed by atoms with Crippen molar-refractivity contribution >= 4 is 28.7 Å². The molecule has 2 N–H and O–H groups in total. The van der Waals surface area contributed by atoms with Gasteiger partial charge in [-0.05, 0) is 29.7 Å². The van der Waals surface area contributed by atoms with Crippen LogP contribution in [0.25, 0.3) is 0 Å². The lowest BCUT2D eigenvalue weighted by atomic mass is 10.0. The van der Waals surface area contributed by atoms with E-state index in [1.165, 1.54) is 5.56 Å². The molecule has 0 bridgehead atoms. The van der Waals surface area contributed by atoms with Crippen LogP contribution in [0.4, 0.5) is 28.7 Å². The van der Waals surface area contributed by atoms with Crippen molar-refractivity contribution in [3.8, 4) is 0 Å². The summed E-state index contributed by atoms with van der Waals surface area (Å²) in [6, 6.07) is 18.6. The molecular formula is C23H27N5O. The first-order chi connectivity index (χ1) is 14.2. The maximum atomic E-state index is 5.49. The Kier molecular flexibility index (Phi) is 5.91. The first-order valence-electron chi connectivity index (χ1n) is 10.1. The fourth-order valence-electron chi connectivity index (χ4n) is 3.54. The van der Waals surface area contributed by atoms with E-state index in [1.807, 2.05) is 18.2 Å². The van der Waals surface area contributed by atoms with Gasteiger partial charge >= 0.3 is 0 Å². The topological polar surface area (TPSA) is 62.3 Å². The zero-order chi connectivity index (χ0) is 20.1. The van der Waals surface area contributed by atoms with Gasteiger partial charge in [0.05, 0.1) is 24.6 Å². The highest BCUT2D eigenvalue weighted by Crippen LogP contribution is 2.30. The van der Waals surface area contributed by atoms with E-state index in [1.54, 1.807) is 6.33 Å². The molecule has 0 atom stereocenters. The van der Waals surface area contributed by atoms with Gasteiger partial charge in [0.15, 0.2) is 0 Å². The quantitative estimate of drug-likeness (QED) is 0.624. The molecule has 29 heavy (non-hydrogen) atoms. The second-order valence-corrected chi connectivity index (χ2v) is 7.40. The predicted molar refractivity (Wildman–Crippen MR) is 119 cm³/mol. The molecule has 1 aliphatic heterocycles. The van der Waals surface area contributed by atoms with E-state index >= 15 is 0 Å². The molecular weight excluding hydrogens is 362 g/mol. The number of morpholine rings is 1. The number of hydrogen-bond donors (Lipinski definition) is 2. The Morgan fingerprint density at radius 3 is 2.21 bits per heavy atom. The molecule has 6 heteroatoms. The van der Waals surface area contributed by atoms with Crippen LogP contribution in [0.3, 0.4) is 0 Å². The fourth-order valence-corrected chi connectivity index (χ4v) is 3.54. The van der Waals surface area contributed by atoms with Crippen LogP contribution in [-0.4, -0.2) is 36.3 Å². The van der Waals surface area contributed by atoms with E-state index in [2.05, 4.69) is 75.7 Å². The largest absolute Gasteiger partial charge is 0.378 e. The van der Waals surface area contributed by atoms with Gasteiger partial charge in [0.2, 0.25) is 0 Å². The van der Waals surface area contributed by atoms with E-state index in [4.69, 9.17) is 4.74 Å². The normalized spacial score (nSPS) is 14.1. The van der Waals surface area contributed by atoms with Gasteiger partial charge in [-0.25, -0.2) is 9.97 Å². The molecule has 0 radical (unpaired) electrons. The monoisotopic (exact) mass is 389 g/mol. The zero-order valence-electron chi connectivity index (χ0n) is 16.9. The SMILES string of the molecule is CC(C)c1ccccc1Nc1cc(Nc2ccccc2N2CCOCC2)ncn1. The third kappa shape index (κ3) is 4.66. The number of nitrogens with one attached hydrogen (secondary N) is 2. The zero-order valence-corrected chi connectivity index (χ0v) is 16.9. The van der Waals surface area contributed by atoms with E-state index in [-0.39, 0.29) is 0 Å². The second-order valence-electron chi connectivity index (χ2n) is 7.40. The van der Waals surface area contributed by atoms with Crippen LogP contribution < -0.4 is 15.5 Å². The molecule has 1 fully saturated rings. The van der Waals surface area contributed by atoms with Crippen molar-refractivity contribution in [3.05, 3.63) is 66.5 Å². The predicted octanol–water partition coefficient (Wildman–Crippen LogP) is 4.92. The van der Waals surface area contributed by atoms with Crippen molar-refractivity contribution in [3.63, 3.8) is 0 Å². The molecule has 4 rings (SSSR count). The number of anilines is 5. The summed E-state index contributed by atoms with van der Waals surface area (Å²) >= 11 is 0. The fraction of sp³-hybridized carbons (Fsp3) is 0.304. The maximum absolute atomic E-state index is 5.49. The van der Waals surface area contributed by atoms with Gasteiger partial charge in [0.1, 0.15) is 18.0 Å². The average Bonchev–Trinajstić information content (AvgIpc) is 2.75. The van der Waals surface area contributed by atoms with Gasteiger partial charge in [-0.2, -0.15) is 0 Å². The van der Waals surface area contributed by atoms with Gasteiger partial charge in [0.25, 0.3) is 0 Å². The number of rotatable bonds is 6. The Balaban J connectivity index is 1.55. The Hall–Kier alpha value is -3.12. The van der Waals surface area contributed by atoms with Crippen LogP contribution in [0.1, 0.15) is 25.3 Å². The third-order valence-corrected chi connectivity index (χ3v) is 5.03. The lowest BCUT2D eigenvalue weighted by molar-refractivity contribution is 0.123. The molecule has 0 spiro atoms. The molecule has 0 unspecified atom stereocenters. The lowest BCUT2D eigenvalue weighted by Gasteiger charge is -2.30. The summed E-state index contributed by atoms with van der Waals surface area (Å²) < 4.78 is 5.49. The molecule has 2 heterocycles. The minimum atomic E-state index is 0.429. The number of aromatic nitrogens is 2. The van der Waals surface area contributed by atoms with Gasteiger partial charge in [-0.1, -0.05) is 44.2 Å². The smallest absolute Gasteiger partial charge is 0.135 e. The number of benzene rings is 2. The number of para-hydroxylation sites is 3. The molecule has 2 aromatic carbocycles. The summed E-state index contributed by atoms with van der Waals surface area (Å²) in [6.07, 6.45) is 1.58. The Bertz CT molecular complexity index is 953. The lowest BCUT2D eigenvalue weighted by Crippen LogP contribution is -2.36. The molecule has 1 aliphatic rings. The minimum absolute atomic E-state index is 0.429. The summed E-state index contributed by atoms with van der Waals surface area (Å²) in [5.41, 5.74) is 4.52. The number of nitrogens with zero attached hydrogens (tertiary/aromatic N) is 3. The van der Waals surface area contributed by atoms with Crippen molar-refractivity contribution < 1.29 is 4.74 Å². The van der Waals surface area contributed by atoms with Crippen molar-refractivity contribution in [1.29, 1.82) is 0 Å². The highest BCUT2D eigenvalue weighted by atomic mass is 16.5. The van der Waals surface area contributed by atoms with E-state index < -0.39 is 0 Å².